The quantitative estimate of drug-likeness (QED) is 0.301. The van der Waals surface area contributed by atoms with Gasteiger partial charge in [0, 0.05) is 17.1 Å². The van der Waals surface area contributed by atoms with Crippen LogP contribution >= 0.6 is 0 Å². The SMILES string of the molecule is CC#Cc1cc(C#CC)c2c(c1O)C(=O)C1=C(O)[C@]3(O)C(=O)C(C(N)=O)=C(O)[C@@H](N(C)C)[C@@H]3C[C@@H]1C2. The number of benzene rings is 1. The molecule has 0 bridgehead atoms. The van der Waals surface area contributed by atoms with E-state index in [4.69, 9.17) is 5.73 Å². The number of nitrogens with zero attached hydrogens (tertiary/aromatic N) is 1. The van der Waals surface area contributed by atoms with Crippen LogP contribution in [-0.4, -0.2) is 68.5 Å². The van der Waals surface area contributed by atoms with Crippen LogP contribution in [0.25, 0.3) is 0 Å². The maximum absolute atomic E-state index is 13.8. The van der Waals surface area contributed by atoms with E-state index in [2.05, 4.69) is 23.7 Å². The summed E-state index contributed by atoms with van der Waals surface area (Å²) in [6.45, 7) is 3.20. The largest absolute Gasteiger partial charge is 0.510 e. The molecule has 0 aliphatic heterocycles. The summed E-state index contributed by atoms with van der Waals surface area (Å²) >= 11 is 0. The number of nitrogens with two attached hydrogens (primary N) is 1. The Bertz CT molecular complexity index is 1430. The standard InChI is InChI=1S/C27H26N2O7/c1-5-7-12-9-13(8-6-2)21(30)18-15(12)10-14-11-16-20(29(3)4)23(32)19(26(28)35)25(34)27(16,36)24(33)17(14)22(18)31/h9,14,16,20,30,32-33,36H,10-11H2,1-4H3,(H2,28,35)/t14-,16-,20-,27-/m0/s1. The number of phenols is 1. The Hall–Kier alpha value is -4.05. The maximum Gasteiger partial charge on any atom is 0.255 e. The summed E-state index contributed by atoms with van der Waals surface area (Å²) in [6, 6.07) is 0.559. The summed E-state index contributed by atoms with van der Waals surface area (Å²) in [7, 11) is 3.16. The van der Waals surface area contributed by atoms with Gasteiger partial charge in [0.1, 0.15) is 22.8 Å². The highest BCUT2D eigenvalue weighted by atomic mass is 16.3. The molecule has 3 aliphatic rings. The number of fused-ring (bicyclic) bond motifs is 3. The fourth-order valence-electron chi connectivity index (χ4n) is 5.79. The van der Waals surface area contributed by atoms with Crippen molar-refractivity contribution in [3.8, 4) is 29.4 Å². The van der Waals surface area contributed by atoms with E-state index in [1.54, 1.807) is 34.0 Å². The molecule has 0 saturated carbocycles. The third kappa shape index (κ3) is 3.25. The zero-order valence-electron chi connectivity index (χ0n) is 20.3. The van der Waals surface area contributed by atoms with Crippen molar-refractivity contribution in [3.05, 3.63) is 51.0 Å². The minimum absolute atomic E-state index is 0.0159. The first-order valence-electron chi connectivity index (χ1n) is 11.3. The fraction of sp³-hybridized carbons (Fsp3) is 0.370. The molecule has 3 aliphatic carbocycles. The van der Waals surface area contributed by atoms with E-state index >= 15 is 0 Å². The molecule has 0 heterocycles. The van der Waals surface area contributed by atoms with E-state index in [-0.39, 0.29) is 35.3 Å². The summed E-state index contributed by atoms with van der Waals surface area (Å²) in [5.41, 5.74) is 2.65. The molecule has 4 atom stereocenters. The van der Waals surface area contributed by atoms with Crippen LogP contribution in [0.15, 0.2) is 28.7 Å². The second-order valence-corrected chi connectivity index (χ2v) is 9.39. The summed E-state index contributed by atoms with van der Waals surface area (Å²) in [6.07, 6.45) is 0.188. The molecule has 0 aromatic heterocycles. The summed E-state index contributed by atoms with van der Waals surface area (Å²) in [5.74, 6) is 4.21. The second-order valence-electron chi connectivity index (χ2n) is 9.39. The molecule has 9 heteroatoms. The van der Waals surface area contributed by atoms with Crippen molar-refractivity contribution in [1.29, 1.82) is 0 Å². The number of aromatic hydroxyl groups is 1. The minimum Gasteiger partial charge on any atom is -0.510 e. The van der Waals surface area contributed by atoms with E-state index < -0.39 is 58.0 Å². The number of aliphatic hydroxyl groups excluding tert-OH is 2. The minimum atomic E-state index is -2.67. The van der Waals surface area contributed by atoms with Crippen molar-refractivity contribution in [2.45, 2.75) is 38.3 Å². The number of phenolic OH excluding ortho intramolecular Hbond substituents is 1. The van der Waals surface area contributed by atoms with Crippen LogP contribution in [0.2, 0.25) is 0 Å². The Morgan fingerprint density at radius 2 is 1.72 bits per heavy atom. The van der Waals surface area contributed by atoms with Crippen LogP contribution in [0.5, 0.6) is 5.75 Å². The van der Waals surface area contributed by atoms with Crippen molar-refractivity contribution < 1.29 is 34.8 Å². The zero-order chi connectivity index (χ0) is 26.7. The van der Waals surface area contributed by atoms with Crippen LogP contribution in [0.4, 0.5) is 0 Å². The normalized spacial score (nSPS) is 26.9. The van der Waals surface area contributed by atoms with Crippen LogP contribution in [-0.2, 0) is 16.0 Å². The predicted octanol–water partition coefficient (Wildman–Crippen LogP) is 0.863. The van der Waals surface area contributed by atoms with Crippen molar-refractivity contribution in [2.24, 2.45) is 17.6 Å². The zero-order valence-corrected chi connectivity index (χ0v) is 20.3. The molecule has 4 rings (SSSR count). The highest BCUT2D eigenvalue weighted by Crippen LogP contribution is 2.52. The van der Waals surface area contributed by atoms with Gasteiger partial charge in [0.05, 0.1) is 17.2 Å². The van der Waals surface area contributed by atoms with Gasteiger partial charge in [-0.3, -0.25) is 19.3 Å². The summed E-state index contributed by atoms with van der Waals surface area (Å²) < 4.78 is 0. The topological polar surface area (TPSA) is 161 Å². The first kappa shape index (κ1) is 25.1. The van der Waals surface area contributed by atoms with Crippen LogP contribution in [0, 0.1) is 35.5 Å². The molecular weight excluding hydrogens is 464 g/mol. The van der Waals surface area contributed by atoms with Gasteiger partial charge in [-0.05, 0) is 58.3 Å². The predicted molar refractivity (Wildman–Crippen MR) is 129 cm³/mol. The lowest BCUT2D eigenvalue weighted by molar-refractivity contribution is -0.148. The smallest absolute Gasteiger partial charge is 0.255 e. The summed E-state index contributed by atoms with van der Waals surface area (Å²) in [5, 5.41) is 44.7. The molecule has 0 saturated heterocycles. The number of rotatable bonds is 2. The number of carbonyl (C=O) groups excluding carboxylic acids is 3. The molecule has 1 amide bonds. The molecular formula is C27H26N2O7. The Kier molecular flexibility index (Phi) is 5.96. The number of ketones is 2. The lowest BCUT2D eigenvalue weighted by atomic mass is 9.58. The molecule has 9 nitrogen and oxygen atoms in total. The van der Waals surface area contributed by atoms with E-state index in [1.807, 2.05) is 0 Å². The Morgan fingerprint density at radius 1 is 1.11 bits per heavy atom. The van der Waals surface area contributed by atoms with Gasteiger partial charge in [-0.15, -0.1) is 11.8 Å². The van der Waals surface area contributed by atoms with Crippen molar-refractivity contribution in [1.82, 2.24) is 4.90 Å². The van der Waals surface area contributed by atoms with Crippen molar-refractivity contribution >= 4 is 17.5 Å². The number of Topliss-reactive ketones (excluding diaryl/α,β-unsaturated/α-hetero) is 2. The molecule has 0 unspecified atom stereocenters. The van der Waals surface area contributed by atoms with E-state index in [0.717, 1.165) is 0 Å². The van der Waals surface area contributed by atoms with Gasteiger partial charge in [-0.1, -0.05) is 11.8 Å². The van der Waals surface area contributed by atoms with Crippen LogP contribution < -0.4 is 5.73 Å². The van der Waals surface area contributed by atoms with E-state index in [1.165, 1.54) is 4.90 Å². The van der Waals surface area contributed by atoms with Gasteiger partial charge in [0.2, 0.25) is 5.78 Å². The molecule has 36 heavy (non-hydrogen) atoms. The van der Waals surface area contributed by atoms with Gasteiger partial charge in [0.25, 0.3) is 5.91 Å². The van der Waals surface area contributed by atoms with Crippen LogP contribution in [0.1, 0.15) is 47.3 Å². The third-order valence-corrected chi connectivity index (χ3v) is 7.24. The third-order valence-electron chi connectivity index (χ3n) is 7.24. The Labute approximate surface area is 207 Å². The molecule has 6 N–H and O–H groups in total. The number of hydrogen-bond acceptors (Lipinski definition) is 8. The van der Waals surface area contributed by atoms with E-state index in [9.17, 15) is 34.8 Å². The fourth-order valence-corrected chi connectivity index (χ4v) is 5.79. The highest BCUT2D eigenvalue weighted by Gasteiger charge is 2.63. The van der Waals surface area contributed by atoms with Gasteiger partial charge in [-0.2, -0.15) is 0 Å². The molecule has 1 aromatic carbocycles. The number of aliphatic hydroxyl groups is 3. The van der Waals surface area contributed by atoms with Crippen molar-refractivity contribution in [2.75, 3.05) is 14.1 Å². The van der Waals surface area contributed by atoms with Gasteiger partial charge in [-0.25, -0.2) is 0 Å². The summed E-state index contributed by atoms with van der Waals surface area (Å²) in [4.78, 5) is 40.6. The van der Waals surface area contributed by atoms with Crippen molar-refractivity contribution in [3.63, 3.8) is 0 Å². The number of carbonyl (C=O) groups is 3. The number of primary amides is 1. The number of allylic oxidation sites excluding steroid dienone is 1. The average Bonchev–Trinajstić information content (AvgIpc) is 2.79. The number of likely N-dealkylation sites (N-methyl/N-ethyl adjacent to an activating group) is 1. The van der Waals surface area contributed by atoms with Crippen LogP contribution in [0.3, 0.4) is 0 Å². The maximum atomic E-state index is 13.8. The Morgan fingerprint density at radius 3 is 2.28 bits per heavy atom. The van der Waals surface area contributed by atoms with Gasteiger partial charge < -0.3 is 26.2 Å². The molecule has 186 valence electrons. The first-order valence-corrected chi connectivity index (χ1v) is 11.3. The molecule has 1 aromatic rings. The average molecular weight is 491 g/mol. The number of amides is 1. The molecule has 0 radical (unpaired) electrons. The first-order chi connectivity index (χ1) is 16.9. The molecule has 0 spiro atoms. The second kappa shape index (κ2) is 8.56. The van der Waals surface area contributed by atoms with E-state index in [0.29, 0.717) is 11.1 Å². The Balaban J connectivity index is 2.01. The monoisotopic (exact) mass is 490 g/mol. The van der Waals surface area contributed by atoms with Gasteiger partial charge in [0.15, 0.2) is 11.4 Å². The lowest BCUT2D eigenvalue weighted by Crippen LogP contribution is -2.63. The lowest BCUT2D eigenvalue weighted by Gasteiger charge is -2.50. The number of hydrogen-bond donors (Lipinski definition) is 5. The molecule has 0 fully saturated rings. The highest BCUT2D eigenvalue weighted by molar-refractivity contribution is 6.24. The van der Waals surface area contributed by atoms with Gasteiger partial charge >= 0.3 is 0 Å².